The molecule has 4 N–H and O–H groups in total. The van der Waals surface area contributed by atoms with E-state index in [4.69, 9.17) is 15.8 Å². The van der Waals surface area contributed by atoms with Gasteiger partial charge in [-0.3, -0.25) is 0 Å². The van der Waals surface area contributed by atoms with E-state index < -0.39 is 24.6 Å². The maximum Gasteiger partial charge on any atom is 0.451 e. The highest BCUT2D eigenvalue weighted by atomic mass is 19.1. The molecule has 1 aliphatic carbocycles. The summed E-state index contributed by atoms with van der Waals surface area (Å²) in [6.07, 6.45) is 6.83. The molecule has 0 radical (unpaired) electrons. The molecular weight excluding hydrogens is 390 g/mol. The largest absolute Gasteiger partial charge is 0.451 e. The Balaban J connectivity index is 1.43. The Morgan fingerprint density at radius 2 is 1.63 bits per heavy atom. The minimum Gasteiger partial charge on any atom is -0.427 e. The van der Waals surface area contributed by atoms with Gasteiger partial charge in [-0.25, -0.2) is 13.2 Å². The van der Waals surface area contributed by atoms with Crippen LogP contribution in [0.5, 0.6) is 0 Å². The highest BCUT2D eigenvalue weighted by molar-refractivity contribution is 6.40. The summed E-state index contributed by atoms with van der Waals surface area (Å²) in [5.41, 5.74) is 7.32. The zero-order valence-corrected chi connectivity index (χ0v) is 17.0. The molecule has 7 heteroatoms. The van der Waals surface area contributed by atoms with Gasteiger partial charge < -0.3 is 15.8 Å². The number of hydrogen-bond acceptors (Lipinski definition) is 3. The smallest absolute Gasteiger partial charge is 0.427 e. The van der Waals surface area contributed by atoms with Crippen molar-refractivity contribution < 1.29 is 23.2 Å². The number of nitrogens with two attached hydrogens (primary N) is 1. The number of benzene rings is 2. The molecule has 1 aliphatic rings. The van der Waals surface area contributed by atoms with Crippen molar-refractivity contribution in [3.05, 3.63) is 59.4 Å². The lowest BCUT2D eigenvalue weighted by molar-refractivity contribution is 0.147. The molecule has 30 heavy (non-hydrogen) atoms. The molecule has 2 aromatic carbocycles. The summed E-state index contributed by atoms with van der Waals surface area (Å²) in [4.78, 5) is 0. The summed E-state index contributed by atoms with van der Waals surface area (Å²) in [5, 5.41) is 17.7. The van der Waals surface area contributed by atoms with Crippen molar-refractivity contribution in [2.24, 2.45) is 17.6 Å². The first kappa shape index (κ1) is 22.9. The first-order valence-corrected chi connectivity index (χ1v) is 10.7. The fraction of sp³-hybridized carbons (Fsp3) is 0.478. The maximum absolute atomic E-state index is 14.5. The molecule has 0 aromatic heterocycles. The Morgan fingerprint density at radius 1 is 0.967 bits per heavy atom. The van der Waals surface area contributed by atoms with Crippen LogP contribution >= 0.6 is 0 Å². The highest BCUT2D eigenvalue weighted by Gasteiger charge is 2.32. The Labute approximate surface area is 176 Å². The van der Waals surface area contributed by atoms with Gasteiger partial charge in [-0.05, 0) is 74.0 Å². The van der Waals surface area contributed by atoms with Gasteiger partial charge in [0, 0.05) is 23.2 Å². The predicted octanol–water partition coefficient (Wildman–Crippen LogP) is 4.70. The average molecular weight is 419 g/mol. The first-order chi connectivity index (χ1) is 14.3. The second kappa shape index (κ2) is 10.5. The van der Waals surface area contributed by atoms with Gasteiger partial charge in [0.15, 0.2) is 0 Å². The molecule has 3 nitrogen and oxygen atoms in total. The van der Waals surface area contributed by atoms with E-state index in [0.29, 0.717) is 18.2 Å². The Kier molecular flexibility index (Phi) is 7.97. The van der Waals surface area contributed by atoms with Crippen LogP contribution in [0.4, 0.5) is 13.2 Å². The third kappa shape index (κ3) is 6.09. The van der Waals surface area contributed by atoms with Crippen LogP contribution in [0, 0.1) is 29.3 Å². The molecule has 0 aliphatic heterocycles. The van der Waals surface area contributed by atoms with Crippen molar-refractivity contribution in [2.75, 3.05) is 0 Å². The molecule has 0 amide bonds. The molecule has 1 atom stereocenters. The Bertz CT molecular complexity index is 843. The number of unbranched alkanes of at least 4 members (excludes halogenated alkanes) is 1. The third-order valence-corrected chi connectivity index (χ3v) is 6.22. The van der Waals surface area contributed by atoms with Crippen LogP contribution in [0.25, 0.3) is 11.1 Å². The van der Waals surface area contributed by atoms with Crippen LogP contribution < -0.4 is 5.73 Å². The predicted molar refractivity (Wildman–Crippen MR) is 113 cm³/mol. The van der Waals surface area contributed by atoms with Crippen molar-refractivity contribution >= 4 is 7.12 Å². The lowest BCUT2D eigenvalue weighted by atomic mass is 9.68. The van der Waals surface area contributed by atoms with Gasteiger partial charge in [-0.2, -0.15) is 0 Å². The number of halogens is 3. The molecular formula is C23H29BF3NO2. The maximum atomic E-state index is 14.5. The van der Waals surface area contributed by atoms with Gasteiger partial charge >= 0.3 is 7.12 Å². The van der Waals surface area contributed by atoms with Crippen LogP contribution in [0.2, 0.25) is 6.32 Å². The van der Waals surface area contributed by atoms with Crippen molar-refractivity contribution in [3.63, 3.8) is 0 Å². The van der Waals surface area contributed by atoms with E-state index in [0.717, 1.165) is 62.6 Å². The fourth-order valence-corrected chi connectivity index (χ4v) is 4.33. The molecule has 2 aromatic rings. The second-order valence-electron chi connectivity index (χ2n) is 8.50. The highest BCUT2D eigenvalue weighted by Crippen LogP contribution is 2.39. The van der Waals surface area contributed by atoms with Gasteiger partial charge in [0.1, 0.15) is 17.5 Å². The van der Waals surface area contributed by atoms with Crippen LogP contribution in [-0.4, -0.2) is 23.2 Å². The van der Waals surface area contributed by atoms with Gasteiger partial charge in [0.2, 0.25) is 0 Å². The molecule has 162 valence electrons. The van der Waals surface area contributed by atoms with E-state index in [-0.39, 0.29) is 17.2 Å². The van der Waals surface area contributed by atoms with Crippen molar-refractivity contribution in [1.29, 1.82) is 0 Å². The summed E-state index contributed by atoms with van der Waals surface area (Å²) in [5.74, 6) is -0.867. The normalized spacial score (nSPS) is 19.4. The van der Waals surface area contributed by atoms with E-state index >= 15 is 0 Å². The lowest BCUT2D eigenvalue weighted by Gasteiger charge is -2.39. The minimum absolute atomic E-state index is 0.0600. The zero-order chi connectivity index (χ0) is 21.7. The van der Waals surface area contributed by atoms with Crippen molar-refractivity contribution in [3.8, 4) is 11.1 Å². The summed E-state index contributed by atoms with van der Waals surface area (Å²) >= 11 is 0. The molecule has 3 rings (SSSR count). The molecule has 0 spiro atoms. The SMILES string of the molecule is NC(CCCCB(O)O)C1CC(CCc2ccc(-c3ccc(F)cc3F)c(F)c2)C1. The topological polar surface area (TPSA) is 66.5 Å². The quantitative estimate of drug-likeness (QED) is 0.386. The zero-order valence-electron chi connectivity index (χ0n) is 17.0. The summed E-state index contributed by atoms with van der Waals surface area (Å²) in [6.45, 7) is 0. The van der Waals surface area contributed by atoms with Gasteiger partial charge in [0.05, 0.1) is 0 Å². The second-order valence-corrected chi connectivity index (χ2v) is 8.50. The Hall–Kier alpha value is -1.83. The third-order valence-electron chi connectivity index (χ3n) is 6.22. The van der Waals surface area contributed by atoms with Gasteiger partial charge in [-0.1, -0.05) is 25.0 Å². The monoisotopic (exact) mass is 419 g/mol. The molecule has 0 saturated heterocycles. The van der Waals surface area contributed by atoms with Gasteiger partial charge in [-0.15, -0.1) is 0 Å². The molecule has 1 unspecified atom stereocenters. The van der Waals surface area contributed by atoms with Gasteiger partial charge in [0.25, 0.3) is 0 Å². The molecule has 1 saturated carbocycles. The number of rotatable bonds is 10. The molecule has 0 bridgehead atoms. The molecule has 1 fully saturated rings. The van der Waals surface area contributed by atoms with Crippen LogP contribution in [0.3, 0.4) is 0 Å². The summed E-state index contributed by atoms with van der Waals surface area (Å²) in [6, 6.07) is 8.10. The van der Waals surface area contributed by atoms with E-state index in [2.05, 4.69) is 0 Å². The lowest BCUT2D eigenvalue weighted by Crippen LogP contribution is -2.39. The van der Waals surface area contributed by atoms with Crippen molar-refractivity contribution in [2.45, 2.75) is 57.3 Å². The summed E-state index contributed by atoms with van der Waals surface area (Å²) in [7, 11) is -1.23. The van der Waals surface area contributed by atoms with Crippen LogP contribution in [0.1, 0.15) is 44.1 Å². The van der Waals surface area contributed by atoms with E-state index in [1.807, 2.05) is 0 Å². The minimum atomic E-state index is -1.23. The number of hydrogen-bond donors (Lipinski definition) is 3. The standard InChI is InChI=1S/C23H29BF3NO2/c25-18-7-9-20(22(27)14-18)19-8-6-15(13-21(19)26)4-5-16-11-17(12-16)23(28)3-1-2-10-24(29)30/h6-9,13-14,16-17,23,29-30H,1-5,10-12,28H2. The van der Waals surface area contributed by atoms with E-state index in [1.54, 1.807) is 12.1 Å². The Morgan fingerprint density at radius 3 is 2.27 bits per heavy atom. The van der Waals surface area contributed by atoms with Crippen molar-refractivity contribution in [1.82, 2.24) is 0 Å². The first-order valence-electron chi connectivity index (χ1n) is 10.7. The fourth-order valence-electron chi connectivity index (χ4n) is 4.33. The van der Waals surface area contributed by atoms with Crippen LogP contribution in [-0.2, 0) is 6.42 Å². The summed E-state index contributed by atoms with van der Waals surface area (Å²) < 4.78 is 41.5. The molecule has 0 heterocycles. The van der Waals surface area contributed by atoms with Crippen LogP contribution in [0.15, 0.2) is 36.4 Å². The number of aryl methyl sites for hydroxylation is 1. The van der Waals surface area contributed by atoms with E-state index in [9.17, 15) is 13.2 Å². The average Bonchev–Trinajstić information content (AvgIpc) is 2.64. The van der Waals surface area contributed by atoms with E-state index in [1.165, 1.54) is 12.1 Å².